The summed E-state index contributed by atoms with van der Waals surface area (Å²) in [5.41, 5.74) is 1.33. The Morgan fingerprint density at radius 2 is 1.91 bits per heavy atom. The predicted octanol–water partition coefficient (Wildman–Crippen LogP) is 2.90. The Bertz CT molecular complexity index is 1400. The van der Waals surface area contributed by atoms with Crippen molar-refractivity contribution in [1.29, 1.82) is 0 Å². The number of halogens is 2. The molecule has 0 bridgehead atoms. The molecule has 0 saturated heterocycles. The van der Waals surface area contributed by atoms with Gasteiger partial charge in [-0.25, -0.2) is 27.1 Å². The number of H-pyrrole nitrogens is 1. The number of hydrogen-bond donors (Lipinski definition) is 3. The highest BCUT2D eigenvalue weighted by atomic mass is 32.2. The van der Waals surface area contributed by atoms with E-state index < -0.39 is 50.4 Å². The Kier molecular flexibility index (Phi) is 6.32. The van der Waals surface area contributed by atoms with Crippen LogP contribution in [0.1, 0.15) is 59.6 Å². The largest absolute Gasteiger partial charge is 0.492 e. The van der Waals surface area contributed by atoms with Crippen LogP contribution in [0, 0.1) is 25.5 Å². The number of hydrogen-bond acceptors (Lipinski definition) is 7. The summed E-state index contributed by atoms with van der Waals surface area (Å²) in [6.45, 7) is 5.03. The summed E-state index contributed by atoms with van der Waals surface area (Å²) in [7, 11) is -4.46. The lowest BCUT2D eigenvalue weighted by molar-refractivity contribution is 0.108. The number of nitrogens with one attached hydrogen (secondary N) is 2. The molecule has 9 nitrogen and oxygen atoms in total. The first-order valence-corrected chi connectivity index (χ1v) is 12.0. The maximum Gasteiger partial charge on any atom is 0.434 e. The minimum Gasteiger partial charge on any atom is -0.492 e. The van der Waals surface area contributed by atoms with Gasteiger partial charge in [0.05, 0.1) is 18.3 Å². The Balaban J connectivity index is 1.82. The van der Waals surface area contributed by atoms with Crippen LogP contribution in [0.2, 0.25) is 0 Å². The number of aryl methyl sites for hydroxylation is 1. The van der Waals surface area contributed by atoms with E-state index in [0.717, 1.165) is 17.7 Å². The van der Waals surface area contributed by atoms with Crippen LogP contribution in [-0.2, 0) is 10.0 Å². The number of rotatable bonds is 6. The Labute approximate surface area is 193 Å². The fraction of sp³-hybridized carbons (Fsp3) is 0.364. The Morgan fingerprint density at radius 3 is 2.59 bits per heavy atom. The molecule has 0 aliphatic carbocycles. The maximum atomic E-state index is 14.8. The standard InChI is InChI=1S/C22H23F2N3O6S/c1-10-4-5-13(23)17(11(10)2)12(3)19(21-25-26-22(29)33-21)27-34(30,31)16-7-6-14(24)18-15(28)8-9-32-20(16)18/h4-7,12,15,19,27-28H,8-9H2,1-3H3,(H,26,29)/t12-,15+,19+/m1/s1. The molecule has 0 saturated carbocycles. The summed E-state index contributed by atoms with van der Waals surface area (Å²) in [5, 5.41) is 16.0. The van der Waals surface area contributed by atoms with Crippen molar-refractivity contribution in [2.75, 3.05) is 6.61 Å². The lowest BCUT2D eigenvalue weighted by Gasteiger charge is -2.27. The molecule has 1 aliphatic rings. The summed E-state index contributed by atoms with van der Waals surface area (Å²) in [4.78, 5) is 11.2. The number of ether oxygens (including phenoxy) is 1. The van der Waals surface area contributed by atoms with E-state index in [0.29, 0.717) is 5.56 Å². The van der Waals surface area contributed by atoms with Crippen LogP contribution in [0.15, 0.2) is 38.4 Å². The maximum absolute atomic E-state index is 14.8. The van der Waals surface area contributed by atoms with Crippen molar-refractivity contribution in [3.63, 3.8) is 0 Å². The number of sulfonamides is 1. The molecule has 1 aliphatic heterocycles. The van der Waals surface area contributed by atoms with Crippen LogP contribution in [-0.4, -0.2) is 30.3 Å². The molecule has 1 aromatic heterocycles. The molecule has 0 unspecified atom stereocenters. The number of nitrogens with zero attached hydrogens (tertiary/aromatic N) is 1. The van der Waals surface area contributed by atoms with Crippen molar-refractivity contribution >= 4 is 10.0 Å². The van der Waals surface area contributed by atoms with E-state index in [-0.39, 0.29) is 35.8 Å². The van der Waals surface area contributed by atoms with E-state index in [1.165, 1.54) is 6.07 Å². The van der Waals surface area contributed by atoms with E-state index in [9.17, 15) is 27.1 Å². The van der Waals surface area contributed by atoms with Gasteiger partial charge >= 0.3 is 5.76 Å². The number of aromatic nitrogens is 2. The molecule has 3 N–H and O–H groups in total. The highest BCUT2D eigenvalue weighted by Crippen LogP contribution is 2.40. The van der Waals surface area contributed by atoms with Gasteiger partial charge in [0.15, 0.2) is 0 Å². The molecule has 3 aromatic rings. The summed E-state index contributed by atoms with van der Waals surface area (Å²) in [6, 6.07) is 3.49. The molecular weight excluding hydrogens is 472 g/mol. The van der Waals surface area contributed by atoms with E-state index in [4.69, 9.17) is 9.15 Å². The average molecular weight is 496 g/mol. The van der Waals surface area contributed by atoms with Gasteiger partial charge in [0.25, 0.3) is 0 Å². The number of aliphatic hydroxyl groups is 1. The smallest absolute Gasteiger partial charge is 0.434 e. The van der Waals surface area contributed by atoms with Crippen LogP contribution in [0.4, 0.5) is 8.78 Å². The van der Waals surface area contributed by atoms with Crippen LogP contribution in [0.5, 0.6) is 5.75 Å². The summed E-state index contributed by atoms with van der Waals surface area (Å²) in [5.74, 6) is -3.77. The molecule has 34 heavy (non-hydrogen) atoms. The lowest BCUT2D eigenvalue weighted by atomic mass is 9.88. The Hall–Kier alpha value is -3.09. The molecule has 0 fully saturated rings. The second kappa shape index (κ2) is 8.93. The number of aliphatic hydroxyl groups excluding tert-OH is 1. The van der Waals surface area contributed by atoms with Gasteiger partial charge in [-0.15, -0.1) is 5.10 Å². The van der Waals surface area contributed by atoms with E-state index in [1.807, 2.05) is 0 Å². The van der Waals surface area contributed by atoms with E-state index in [1.54, 1.807) is 26.8 Å². The molecular formula is C22H23F2N3O6S. The van der Waals surface area contributed by atoms with Gasteiger partial charge in [-0.1, -0.05) is 13.0 Å². The normalized spacial score (nSPS) is 17.6. The molecule has 0 spiro atoms. The van der Waals surface area contributed by atoms with Crippen LogP contribution in [0.3, 0.4) is 0 Å². The van der Waals surface area contributed by atoms with Crippen molar-refractivity contribution in [3.8, 4) is 5.75 Å². The monoisotopic (exact) mass is 495 g/mol. The zero-order chi connectivity index (χ0) is 24.8. The average Bonchev–Trinajstić information content (AvgIpc) is 3.21. The highest BCUT2D eigenvalue weighted by molar-refractivity contribution is 7.89. The zero-order valence-corrected chi connectivity index (χ0v) is 19.4. The minimum absolute atomic E-state index is 0.0120. The van der Waals surface area contributed by atoms with Gasteiger partial charge in [-0.05, 0) is 48.7 Å². The van der Waals surface area contributed by atoms with Crippen molar-refractivity contribution in [2.24, 2.45) is 0 Å². The van der Waals surface area contributed by atoms with E-state index >= 15 is 0 Å². The van der Waals surface area contributed by atoms with Crippen LogP contribution >= 0.6 is 0 Å². The minimum atomic E-state index is -4.46. The van der Waals surface area contributed by atoms with E-state index in [2.05, 4.69) is 14.9 Å². The molecule has 0 radical (unpaired) electrons. The molecule has 3 atom stereocenters. The quantitative estimate of drug-likeness (QED) is 0.479. The molecule has 2 heterocycles. The molecule has 2 aromatic carbocycles. The summed E-state index contributed by atoms with van der Waals surface area (Å²) >= 11 is 0. The lowest BCUT2D eigenvalue weighted by Crippen LogP contribution is -2.33. The topological polar surface area (TPSA) is 135 Å². The van der Waals surface area contributed by atoms with Crippen molar-refractivity contribution in [1.82, 2.24) is 14.9 Å². The van der Waals surface area contributed by atoms with Crippen molar-refractivity contribution < 1.29 is 31.5 Å². The number of aromatic amines is 1. The fourth-order valence-electron chi connectivity index (χ4n) is 4.14. The zero-order valence-electron chi connectivity index (χ0n) is 18.6. The van der Waals surface area contributed by atoms with Gasteiger partial charge in [0.2, 0.25) is 15.9 Å². The fourth-order valence-corrected chi connectivity index (χ4v) is 5.57. The second-order valence-corrected chi connectivity index (χ2v) is 9.87. The van der Waals surface area contributed by atoms with Crippen molar-refractivity contribution in [2.45, 2.75) is 50.2 Å². The van der Waals surface area contributed by atoms with Gasteiger partial charge in [-0.3, -0.25) is 0 Å². The van der Waals surface area contributed by atoms with Gasteiger partial charge < -0.3 is 14.3 Å². The molecule has 0 amide bonds. The predicted molar refractivity (Wildman–Crippen MR) is 116 cm³/mol. The first kappa shape index (κ1) is 24.0. The highest BCUT2D eigenvalue weighted by Gasteiger charge is 2.36. The van der Waals surface area contributed by atoms with Gasteiger partial charge in [-0.2, -0.15) is 4.72 Å². The molecule has 12 heteroatoms. The van der Waals surface area contributed by atoms with Gasteiger partial charge in [0.1, 0.15) is 28.3 Å². The van der Waals surface area contributed by atoms with Crippen molar-refractivity contribution in [3.05, 3.63) is 74.6 Å². The summed E-state index contributed by atoms with van der Waals surface area (Å²) in [6.07, 6.45) is -1.13. The number of benzene rings is 2. The number of fused-ring (bicyclic) bond motifs is 1. The summed E-state index contributed by atoms with van der Waals surface area (Å²) < 4.78 is 68.9. The third-order valence-electron chi connectivity index (χ3n) is 6.06. The van der Waals surface area contributed by atoms with Crippen LogP contribution < -0.4 is 15.2 Å². The molecule has 182 valence electrons. The Morgan fingerprint density at radius 1 is 1.21 bits per heavy atom. The van der Waals surface area contributed by atoms with Gasteiger partial charge in [0, 0.05) is 12.3 Å². The first-order chi connectivity index (χ1) is 16.0. The second-order valence-electron chi connectivity index (χ2n) is 8.18. The SMILES string of the molecule is Cc1ccc(F)c([C@@H](C)[C@H](NS(=O)(=O)c2ccc(F)c3c2OCC[C@@H]3O)c2n[nH]c(=O)o2)c1C. The third kappa shape index (κ3) is 4.24. The molecule has 4 rings (SSSR count). The van der Waals surface area contributed by atoms with Crippen LogP contribution in [0.25, 0.3) is 0 Å². The first-order valence-electron chi connectivity index (χ1n) is 10.5. The third-order valence-corrected chi connectivity index (χ3v) is 7.52.